The molecule has 1 amide bonds. The van der Waals surface area contributed by atoms with Gasteiger partial charge in [0.15, 0.2) is 5.96 Å². The minimum Gasteiger partial charge on any atom is -0.357 e. The number of carbonyl (C=O) groups is 1. The van der Waals surface area contributed by atoms with Gasteiger partial charge in [0.1, 0.15) is 0 Å². The Morgan fingerprint density at radius 2 is 2.12 bits per heavy atom. The van der Waals surface area contributed by atoms with E-state index in [1.807, 2.05) is 30.3 Å². The number of benzene rings is 1. The van der Waals surface area contributed by atoms with Gasteiger partial charge in [-0.15, -0.1) is 6.58 Å². The van der Waals surface area contributed by atoms with Gasteiger partial charge in [-0.1, -0.05) is 24.6 Å². The molecule has 0 bridgehead atoms. The minimum atomic E-state index is -0.0746. The number of hydrogen-bond donors (Lipinski definition) is 2. The molecule has 0 heterocycles. The summed E-state index contributed by atoms with van der Waals surface area (Å²) in [6, 6.07) is 7.59. The number of guanidine groups is 1. The van der Waals surface area contributed by atoms with E-state index in [2.05, 4.69) is 36.1 Å². The molecule has 138 valence electrons. The molecular formula is C20H32N4O. The van der Waals surface area contributed by atoms with Crippen LogP contribution in [0.4, 0.5) is 0 Å². The average Bonchev–Trinajstić information content (AvgIpc) is 2.64. The molecule has 1 aromatic rings. The summed E-state index contributed by atoms with van der Waals surface area (Å²) in [6.45, 7) is 8.18. The zero-order chi connectivity index (χ0) is 18.5. The van der Waals surface area contributed by atoms with Gasteiger partial charge in [0, 0.05) is 32.7 Å². The van der Waals surface area contributed by atoms with Gasteiger partial charge in [-0.25, -0.2) is 4.99 Å². The number of nitrogens with one attached hydrogen (secondary N) is 2. The van der Waals surface area contributed by atoms with E-state index in [4.69, 9.17) is 4.99 Å². The van der Waals surface area contributed by atoms with E-state index < -0.39 is 0 Å². The highest BCUT2D eigenvalue weighted by Crippen LogP contribution is 2.07. The van der Waals surface area contributed by atoms with Gasteiger partial charge in [-0.3, -0.25) is 4.79 Å². The van der Waals surface area contributed by atoms with Crippen molar-refractivity contribution in [3.8, 4) is 0 Å². The van der Waals surface area contributed by atoms with Crippen LogP contribution in [0, 0.1) is 0 Å². The fourth-order valence-electron chi connectivity index (χ4n) is 2.51. The summed E-state index contributed by atoms with van der Waals surface area (Å²) in [4.78, 5) is 18.6. The van der Waals surface area contributed by atoms with E-state index in [0.29, 0.717) is 12.1 Å². The zero-order valence-corrected chi connectivity index (χ0v) is 15.8. The summed E-state index contributed by atoms with van der Waals surface area (Å²) >= 11 is 0. The molecule has 2 N–H and O–H groups in total. The molecule has 0 aromatic heterocycles. The van der Waals surface area contributed by atoms with Crippen LogP contribution in [-0.2, 0) is 6.54 Å². The molecular weight excluding hydrogens is 312 g/mol. The summed E-state index contributed by atoms with van der Waals surface area (Å²) in [7, 11) is 3.70. The lowest BCUT2D eigenvalue weighted by Crippen LogP contribution is -2.39. The Hall–Kier alpha value is -2.30. The SMILES string of the molecule is C=CCCCCCN(C)C(=NCc1cccc(C(=O)NC)c1)NCC. The molecule has 0 unspecified atom stereocenters. The number of aliphatic imine (C=N–C) groups is 1. The predicted octanol–water partition coefficient (Wildman–Crippen LogP) is 3.19. The standard InChI is InChI=1S/C20H32N4O/c1-5-7-8-9-10-14-24(4)20(22-6-2)23-16-17-12-11-13-18(15-17)19(25)21-3/h5,11-13,15H,1,6-10,14,16H2,2-4H3,(H,21,25)(H,22,23). The zero-order valence-electron chi connectivity index (χ0n) is 15.8. The van der Waals surface area contributed by atoms with E-state index in [1.165, 1.54) is 12.8 Å². The Morgan fingerprint density at radius 1 is 1.32 bits per heavy atom. The first kappa shape index (κ1) is 20.7. The molecule has 1 rings (SSSR count). The Kier molecular flexibility index (Phi) is 10.1. The molecule has 0 spiro atoms. The van der Waals surface area contributed by atoms with Gasteiger partial charge in [0.2, 0.25) is 0 Å². The van der Waals surface area contributed by atoms with Crippen LogP contribution in [0.2, 0.25) is 0 Å². The van der Waals surface area contributed by atoms with Crippen LogP contribution in [0.15, 0.2) is 41.9 Å². The topological polar surface area (TPSA) is 56.7 Å². The van der Waals surface area contributed by atoms with Crippen molar-refractivity contribution in [3.05, 3.63) is 48.0 Å². The first-order valence-corrected chi connectivity index (χ1v) is 9.03. The van der Waals surface area contributed by atoms with Crippen LogP contribution in [0.1, 0.15) is 48.5 Å². The lowest BCUT2D eigenvalue weighted by atomic mass is 10.1. The smallest absolute Gasteiger partial charge is 0.251 e. The van der Waals surface area contributed by atoms with E-state index in [-0.39, 0.29) is 5.91 Å². The van der Waals surface area contributed by atoms with Crippen molar-refractivity contribution in [2.75, 3.05) is 27.2 Å². The maximum atomic E-state index is 11.7. The Balaban J connectivity index is 2.65. The van der Waals surface area contributed by atoms with Gasteiger partial charge >= 0.3 is 0 Å². The van der Waals surface area contributed by atoms with Crippen molar-refractivity contribution in [2.24, 2.45) is 4.99 Å². The van der Waals surface area contributed by atoms with Crippen LogP contribution in [0.5, 0.6) is 0 Å². The van der Waals surface area contributed by atoms with E-state index in [1.54, 1.807) is 7.05 Å². The molecule has 0 saturated heterocycles. The highest BCUT2D eigenvalue weighted by molar-refractivity contribution is 5.94. The number of unbranched alkanes of at least 4 members (excludes halogenated alkanes) is 3. The van der Waals surface area contributed by atoms with Crippen molar-refractivity contribution in [1.82, 2.24) is 15.5 Å². The van der Waals surface area contributed by atoms with Crippen LogP contribution < -0.4 is 10.6 Å². The summed E-state index contributed by atoms with van der Waals surface area (Å²) in [5.41, 5.74) is 1.69. The summed E-state index contributed by atoms with van der Waals surface area (Å²) < 4.78 is 0. The molecule has 0 saturated carbocycles. The Morgan fingerprint density at radius 3 is 2.80 bits per heavy atom. The minimum absolute atomic E-state index is 0.0746. The van der Waals surface area contributed by atoms with E-state index in [9.17, 15) is 4.79 Å². The van der Waals surface area contributed by atoms with Gasteiger partial charge in [-0.05, 0) is 43.9 Å². The van der Waals surface area contributed by atoms with Crippen LogP contribution in [0.25, 0.3) is 0 Å². The highest BCUT2D eigenvalue weighted by atomic mass is 16.1. The van der Waals surface area contributed by atoms with Crippen LogP contribution >= 0.6 is 0 Å². The van der Waals surface area contributed by atoms with Crippen molar-refractivity contribution in [1.29, 1.82) is 0 Å². The third-order valence-corrected chi connectivity index (χ3v) is 3.93. The number of hydrogen-bond acceptors (Lipinski definition) is 2. The summed E-state index contributed by atoms with van der Waals surface area (Å²) in [5.74, 6) is 0.825. The van der Waals surface area contributed by atoms with Crippen LogP contribution in [0.3, 0.4) is 0 Å². The lowest BCUT2D eigenvalue weighted by molar-refractivity contribution is 0.0963. The number of rotatable bonds is 10. The van der Waals surface area contributed by atoms with Crippen molar-refractivity contribution in [3.63, 3.8) is 0 Å². The molecule has 5 nitrogen and oxygen atoms in total. The monoisotopic (exact) mass is 344 g/mol. The van der Waals surface area contributed by atoms with Gasteiger partial charge in [-0.2, -0.15) is 0 Å². The van der Waals surface area contributed by atoms with Crippen molar-refractivity contribution >= 4 is 11.9 Å². The highest BCUT2D eigenvalue weighted by Gasteiger charge is 2.06. The Labute approximate surface area is 152 Å². The number of allylic oxidation sites excluding steroid dienone is 1. The van der Waals surface area contributed by atoms with Gasteiger partial charge in [0.05, 0.1) is 6.54 Å². The van der Waals surface area contributed by atoms with Crippen molar-refractivity contribution < 1.29 is 4.79 Å². The van der Waals surface area contributed by atoms with Crippen LogP contribution in [-0.4, -0.2) is 44.0 Å². The Bertz CT molecular complexity index is 569. The second-order valence-electron chi connectivity index (χ2n) is 6.01. The molecule has 0 atom stereocenters. The largest absolute Gasteiger partial charge is 0.357 e. The molecule has 0 aliphatic rings. The fraction of sp³-hybridized carbons (Fsp3) is 0.500. The van der Waals surface area contributed by atoms with E-state index >= 15 is 0 Å². The first-order valence-electron chi connectivity index (χ1n) is 9.03. The van der Waals surface area contributed by atoms with Crippen molar-refractivity contribution in [2.45, 2.75) is 39.2 Å². The fourth-order valence-corrected chi connectivity index (χ4v) is 2.51. The number of carbonyl (C=O) groups excluding carboxylic acids is 1. The molecule has 1 aromatic carbocycles. The van der Waals surface area contributed by atoms with Gasteiger partial charge < -0.3 is 15.5 Å². The third-order valence-electron chi connectivity index (χ3n) is 3.93. The molecule has 0 fully saturated rings. The van der Waals surface area contributed by atoms with E-state index in [0.717, 1.165) is 37.5 Å². The summed E-state index contributed by atoms with van der Waals surface area (Å²) in [5, 5.41) is 5.98. The lowest BCUT2D eigenvalue weighted by Gasteiger charge is -2.22. The number of nitrogens with zero attached hydrogens (tertiary/aromatic N) is 2. The predicted molar refractivity (Wildman–Crippen MR) is 106 cm³/mol. The molecule has 0 aliphatic carbocycles. The molecule has 5 heteroatoms. The molecule has 0 radical (unpaired) electrons. The second kappa shape index (κ2) is 12.1. The maximum Gasteiger partial charge on any atom is 0.251 e. The first-order chi connectivity index (χ1) is 12.1. The molecule has 0 aliphatic heterocycles. The maximum absolute atomic E-state index is 11.7. The average molecular weight is 345 g/mol. The second-order valence-corrected chi connectivity index (χ2v) is 6.01. The normalized spacial score (nSPS) is 11.1. The summed E-state index contributed by atoms with van der Waals surface area (Å²) in [6.07, 6.45) is 6.59. The number of amides is 1. The quantitative estimate of drug-likeness (QED) is 0.297. The van der Waals surface area contributed by atoms with Gasteiger partial charge in [0.25, 0.3) is 5.91 Å². The molecule has 25 heavy (non-hydrogen) atoms. The third kappa shape index (κ3) is 7.88.